The van der Waals surface area contributed by atoms with Crippen LogP contribution in [0.4, 0.5) is 5.69 Å². The van der Waals surface area contributed by atoms with Gasteiger partial charge in [0.2, 0.25) is 0 Å². The molecule has 14 heavy (non-hydrogen) atoms. The first-order valence-electron chi connectivity index (χ1n) is 4.08. The van der Waals surface area contributed by atoms with Gasteiger partial charge in [-0.25, -0.2) is 4.79 Å². The smallest absolute Gasteiger partial charge is 0.331 e. The van der Waals surface area contributed by atoms with Gasteiger partial charge in [-0.15, -0.1) is 0 Å². The first kappa shape index (κ1) is 10.5. The molecule has 0 radical (unpaired) electrons. The van der Waals surface area contributed by atoms with Gasteiger partial charge in [0.1, 0.15) is 0 Å². The van der Waals surface area contributed by atoms with Gasteiger partial charge in [-0.3, -0.25) is 4.98 Å². The van der Waals surface area contributed by atoms with E-state index in [9.17, 15) is 4.79 Å². The quantitative estimate of drug-likeness (QED) is 0.648. The molecular weight excluding hydrogens is 182 g/mol. The number of pyridine rings is 1. The Kier molecular flexibility index (Phi) is 2.71. The van der Waals surface area contributed by atoms with Crippen LogP contribution in [0.2, 0.25) is 0 Å². The molecule has 0 aromatic carbocycles. The number of ether oxygens (including phenoxy) is 1. The number of aromatic nitrogens is 1. The van der Waals surface area contributed by atoms with E-state index in [1.54, 1.807) is 12.1 Å². The van der Waals surface area contributed by atoms with E-state index in [2.05, 4.69) is 9.72 Å². The van der Waals surface area contributed by atoms with Crippen molar-refractivity contribution in [3.8, 4) is 0 Å². The number of hydrogen-bond donors (Lipinski definition) is 2. The minimum atomic E-state index is -1.31. The van der Waals surface area contributed by atoms with E-state index in [0.717, 1.165) is 0 Å². The van der Waals surface area contributed by atoms with Crippen molar-refractivity contribution in [3.63, 3.8) is 0 Å². The summed E-state index contributed by atoms with van der Waals surface area (Å²) in [5, 5.41) is 0. The molecule has 4 N–H and O–H groups in total. The van der Waals surface area contributed by atoms with Crippen molar-refractivity contribution in [1.29, 1.82) is 0 Å². The highest BCUT2D eigenvalue weighted by Crippen LogP contribution is 2.22. The number of carbonyl (C=O) groups is 1. The van der Waals surface area contributed by atoms with Crippen LogP contribution in [-0.2, 0) is 15.1 Å². The van der Waals surface area contributed by atoms with Crippen LogP contribution in [0.25, 0.3) is 0 Å². The van der Waals surface area contributed by atoms with Gasteiger partial charge in [0.05, 0.1) is 18.5 Å². The lowest BCUT2D eigenvalue weighted by molar-refractivity contribution is -0.146. The number of hydrogen-bond acceptors (Lipinski definition) is 5. The third-order valence-electron chi connectivity index (χ3n) is 1.94. The van der Waals surface area contributed by atoms with Crippen LogP contribution < -0.4 is 11.5 Å². The monoisotopic (exact) mass is 195 g/mol. The summed E-state index contributed by atoms with van der Waals surface area (Å²) in [5.74, 6) is -0.567. The van der Waals surface area contributed by atoms with Gasteiger partial charge in [0.15, 0.2) is 5.54 Å². The SMILES string of the molecule is COC(=O)C(C)(N)c1ncccc1N. The zero-order chi connectivity index (χ0) is 10.8. The van der Waals surface area contributed by atoms with E-state index in [1.165, 1.54) is 20.2 Å². The zero-order valence-corrected chi connectivity index (χ0v) is 8.15. The molecule has 1 atom stereocenters. The number of carbonyl (C=O) groups excluding carboxylic acids is 1. The molecule has 0 saturated heterocycles. The molecule has 76 valence electrons. The maximum atomic E-state index is 11.3. The van der Waals surface area contributed by atoms with E-state index >= 15 is 0 Å². The Bertz CT molecular complexity index is 350. The fraction of sp³-hybridized carbons (Fsp3) is 0.333. The summed E-state index contributed by atoms with van der Waals surface area (Å²) in [6.07, 6.45) is 1.53. The highest BCUT2D eigenvalue weighted by molar-refractivity contribution is 5.82. The molecule has 0 fully saturated rings. The molecule has 0 spiro atoms. The second kappa shape index (κ2) is 3.63. The van der Waals surface area contributed by atoms with Gasteiger partial charge in [0, 0.05) is 6.20 Å². The number of nitrogens with two attached hydrogens (primary N) is 2. The van der Waals surface area contributed by atoms with E-state index in [-0.39, 0.29) is 0 Å². The average Bonchev–Trinajstić information content (AvgIpc) is 2.17. The summed E-state index contributed by atoms with van der Waals surface area (Å²) in [4.78, 5) is 15.3. The second-order valence-corrected chi connectivity index (χ2v) is 3.14. The van der Waals surface area contributed by atoms with Crippen LogP contribution in [0.1, 0.15) is 12.6 Å². The summed E-state index contributed by atoms with van der Waals surface area (Å²) in [7, 11) is 1.27. The maximum absolute atomic E-state index is 11.3. The van der Waals surface area contributed by atoms with Gasteiger partial charge in [-0.05, 0) is 19.1 Å². The van der Waals surface area contributed by atoms with E-state index in [1.807, 2.05) is 0 Å². The van der Waals surface area contributed by atoms with Crippen LogP contribution in [0, 0.1) is 0 Å². The minimum absolute atomic E-state index is 0.326. The first-order chi connectivity index (χ1) is 6.50. The van der Waals surface area contributed by atoms with Crippen molar-refractivity contribution in [2.24, 2.45) is 5.73 Å². The lowest BCUT2D eigenvalue weighted by Crippen LogP contribution is -2.44. The molecule has 0 aliphatic rings. The average molecular weight is 195 g/mol. The molecule has 0 aliphatic carbocycles. The van der Waals surface area contributed by atoms with Crippen LogP contribution in [0.5, 0.6) is 0 Å². The molecule has 0 saturated carbocycles. The number of nitrogen functional groups attached to an aromatic ring is 1. The summed E-state index contributed by atoms with van der Waals surface area (Å²) in [6.45, 7) is 1.51. The van der Waals surface area contributed by atoms with Crippen molar-refractivity contribution >= 4 is 11.7 Å². The van der Waals surface area contributed by atoms with Gasteiger partial charge >= 0.3 is 5.97 Å². The largest absolute Gasteiger partial charge is 0.467 e. The number of methoxy groups -OCH3 is 1. The Labute approximate surface area is 82.1 Å². The Hall–Kier alpha value is -1.62. The van der Waals surface area contributed by atoms with Crippen molar-refractivity contribution in [3.05, 3.63) is 24.0 Å². The number of rotatable bonds is 2. The third-order valence-corrected chi connectivity index (χ3v) is 1.94. The van der Waals surface area contributed by atoms with Gasteiger partial charge in [-0.2, -0.15) is 0 Å². The molecule has 1 heterocycles. The van der Waals surface area contributed by atoms with E-state index in [4.69, 9.17) is 11.5 Å². The summed E-state index contributed by atoms with van der Waals surface area (Å²) >= 11 is 0. The minimum Gasteiger partial charge on any atom is -0.467 e. The molecule has 1 rings (SSSR count). The van der Waals surface area contributed by atoms with Gasteiger partial charge in [-0.1, -0.05) is 0 Å². The highest BCUT2D eigenvalue weighted by Gasteiger charge is 2.34. The Morgan fingerprint density at radius 2 is 2.29 bits per heavy atom. The summed E-state index contributed by atoms with van der Waals surface area (Å²) < 4.78 is 4.56. The first-order valence-corrected chi connectivity index (χ1v) is 4.08. The number of anilines is 1. The molecule has 0 aliphatic heterocycles. The van der Waals surface area contributed by atoms with Crippen molar-refractivity contribution in [1.82, 2.24) is 4.98 Å². The molecule has 1 unspecified atom stereocenters. The molecule has 0 amide bonds. The molecule has 5 heteroatoms. The third kappa shape index (κ3) is 1.67. The van der Waals surface area contributed by atoms with E-state index < -0.39 is 11.5 Å². The Balaban J connectivity index is 3.16. The topological polar surface area (TPSA) is 91.2 Å². The molecular formula is C9H13N3O2. The van der Waals surface area contributed by atoms with Crippen LogP contribution in [0.15, 0.2) is 18.3 Å². The van der Waals surface area contributed by atoms with Crippen molar-refractivity contribution in [2.45, 2.75) is 12.5 Å². The normalized spacial score (nSPS) is 14.5. The van der Waals surface area contributed by atoms with E-state index in [0.29, 0.717) is 11.4 Å². The Morgan fingerprint density at radius 1 is 1.64 bits per heavy atom. The highest BCUT2D eigenvalue weighted by atomic mass is 16.5. The number of esters is 1. The predicted octanol–water partition coefficient (Wildman–Crippen LogP) is 0.0107. The molecule has 5 nitrogen and oxygen atoms in total. The molecule has 1 aromatic rings. The van der Waals surface area contributed by atoms with Crippen LogP contribution in [0.3, 0.4) is 0 Å². The fourth-order valence-corrected chi connectivity index (χ4v) is 1.16. The fourth-order valence-electron chi connectivity index (χ4n) is 1.16. The van der Waals surface area contributed by atoms with Crippen LogP contribution in [-0.4, -0.2) is 18.1 Å². The standard InChI is InChI=1S/C9H13N3O2/c1-9(11,8(13)14-2)7-6(10)4-3-5-12-7/h3-5H,10-11H2,1-2H3. The van der Waals surface area contributed by atoms with Gasteiger partial charge < -0.3 is 16.2 Å². The zero-order valence-electron chi connectivity index (χ0n) is 8.15. The lowest BCUT2D eigenvalue weighted by Gasteiger charge is -2.21. The number of nitrogens with zero attached hydrogens (tertiary/aromatic N) is 1. The predicted molar refractivity (Wildman–Crippen MR) is 52.2 cm³/mol. The maximum Gasteiger partial charge on any atom is 0.331 e. The Morgan fingerprint density at radius 3 is 2.79 bits per heavy atom. The lowest BCUT2D eigenvalue weighted by atomic mass is 9.97. The molecule has 1 aromatic heterocycles. The summed E-state index contributed by atoms with van der Waals surface area (Å²) in [5.41, 5.74) is 10.8. The summed E-state index contributed by atoms with van der Waals surface area (Å²) in [6, 6.07) is 3.31. The van der Waals surface area contributed by atoms with Crippen LogP contribution >= 0.6 is 0 Å². The van der Waals surface area contributed by atoms with Gasteiger partial charge in [0.25, 0.3) is 0 Å². The van der Waals surface area contributed by atoms with Crippen molar-refractivity contribution in [2.75, 3.05) is 12.8 Å². The van der Waals surface area contributed by atoms with Crippen molar-refractivity contribution < 1.29 is 9.53 Å². The molecule has 0 bridgehead atoms. The second-order valence-electron chi connectivity index (χ2n) is 3.14.